The molecule has 2 unspecified atom stereocenters. The fourth-order valence-electron chi connectivity index (χ4n) is 3.44. The van der Waals surface area contributed by atoms with Crippen molar-refractivity contribution in [3.8, 4) is 6.07 Å². The number of hydrogen-bond acceptors (Lipinski definition) is 2. The summed E-state index contributed by atoms with van der Waals surface area (Å²) < 4.78 is 49.3. The van der Waals surface area contributed by atoms with Crippen LogP contribution in [0.3, 0.4) is 0 Å². The molecule has 3 rings (SSSR count). The van der Waals surface area contributed by atoms with Crippen LogP contribution in [0.1, 0.15) is 55.9 Å². The lowest BCUT2D eigenvalue weighted by Crippen LogP contribution is -2.20. The molecule has 186 valence electrons. The van der Waals surface area contributed by atoms with Gasteiger partial charge in [0, 0.05) is 20.0 Å². The zero-order valence-corrected chi connectivity index (χ0v) is 20.9. The molecule has 0 spiro atoms. The SMILES string of the molecule is CCC(C)C1CC(=O)N(C)C1.CCc1ccc(F)cc1C(F)(F)F.Cc1ccc(C#N)c(Cl)c1. The van der Waals surface area contributed by atoms with Crippen molar-refractivity contribution in [1.82, 2.24) is 4.90 Å². The van der Waals surface area contributed by atoms with Gasteiger partial charge in [0.2, 0.25) is 5.91 Å². The number of aryl methyl sites for hydroxylation is 2. The molecule has 0 N–H and O–H groups in total. The van der Waals surface area contributed by atoms with Gasteiger partial charge in [-0.3, -0.25) is 4.79 Å². The highest BCUT2D eigenvalue weighted by atomic mass is 35.5. The molecule has 0 saturated carbocycles. The summed E-state index contributed by atoms with van der Waals surface area (Å²) in [5.41, 5.74) is 0.847. The minimum absolute atomic E-state index is 0.119. The van der Waals surface area contributed by atoms with Gasteiger partial charge >= 0.3 is 6.18 Å². The van der Waals surface area contributed by atoms with Gasteiger partial charge in [-0.15, -0.1) is 0 Å². The summed E-state index contributed by atoms with van der Waals surface area (Å²) in [7, 11) is 1.89. The molecule has 1 saturated heterocycles. The van der Waals surface area contributed by atoms with Crippen LogP contribution in [0.4, 0.5) is 17.6 Å². The Balaban J connectivity index is 0.000000257. The molecule has 1 amide bonds. The van der Waals surface area contributed by atoms with Gasteiger partial charge in [-0.2, -0.15) is 18.4 Å². The summed E-state index contributed by atoms with van der Waals surface area (Å²) >= 11 is 5.71. The average molecular weight is 499 g/mol. The molecule has 2 aromatic carbocycles. The largest absolute Gasteiger partial charge is 0.416 e. The Labute approximate surface area is 204 Å². The van der Waals surface area contributed by atoms with Crippen molar-refractivity contribution in [1.29, 1.82) is 5.26 Å². The molecule has 1 heterocycles. The molecule has 0 aliphatic carbocycles. The first kappa shape index (κ1) is 29.4. The van der Waals surface area contributed by atoms with E-state index in [0.29, 0.717) is 34.4 Å². The second-order valence-corrected chi connectivity index (χ2v) is 8.78. The molecule has 34 heavy (non-hydrogen) atoms. The Morgan fingerprint density at radius 1 is 1.21 bits per heavy atom. The highest BCUT2D eigenvalue weighted by Crippen LogP contribution is 2.32. The maximum Gasteiger partial charge on any atom is 0.416 e. The third kappa shape index (κ3) is 8.98. The average Bonchev–Trinajstić information content (AvgIpc) is 3.12. The quantitative estimate of drug-likeness (QED) is 0.413. The Morgan fingerprint density at radius 3 is 2.29 bits per heavy atom. The van der Waals surface area contributed by atoms with E-state index in [9.17, 15) is 22.4 Å². The molecular formula is C26H31ClF4N2O. The topological polar surface area (TPSA) is 44.1 Å². The van der Waals surface area contributed by atoms with E-state index in [1.807, 2.05) is 31.0 Å². The Bertz CT molecular complexity index is 1000. The van der Waals surface area contributed by atoms with Crippen LogP contribution in [0.5, 0.6) is 0 Å². The molecule has 0 bridgehead atoms. The molecule has 1 aliphatic rings. The molecule has 8 heteroatoms. The van der Waals surface area contributed by atoms with E-state index >= 15 is 0 Å². The maximum atomic E-state index is 12.5. The fraction of sp³-hybridized carbons (Fsp3) is 0.462. The van der Waals surface area contributed by atoms with Gasteiger partial charge in [-0.05, 0) is 60.6 Å². The van der Waals surface area contributed by atoms with Gasteiger partial charge in [0.15, 0.2) is 0 Å². The molecule has 0 radical (unpaired) electrons. The standard InChI is InChI=1S/C9H8F4.C9H17NO.C8H6ClN/c1-2-6-3-4-7(10)5-8(6)9(11,12)13;1-4-7(2)8-5-9(11)10(3)6-8;1-6-2-3-7(5-10)8(9)4-6/h3-5H,2H2,1H3;7-8H,4-6H2,1-3H3;2-4H,1H3. The highest BCUT2D eigenvalue weighted by Gasteiger charge is 2.33. The normalized spacial score (nSPS) is 16.1. The third-order valence-corrected chi connectivity index (χ3v) is 6.14. The summed E-state index contributed by atoms with van der Waals surface area (Å²) in [4.78, 5) is 13.0. The van der Waals surface area contributed by atoms with Gasteiger partial charge in [-0.1, -0.05) is 50.9 Å². The van der Waals surface area contributed by atoms with Gasteiger partial charge in [-0.25, -0.2) is 4.39 Å². The summed E-state index contributed by atoms with van der Waals surface area (Å²) in [6.07, 6.45) is -2.26. The number of nitrogens with zero attached hydrogens (tertiary/aromatic N) is 2. The van der Waals surface area contributed by atoms with E-state index in [-0.39, 0.29) is 12.0 Å². The number of hydrogen-bond donors (Lipinski definition) is 0. The van der Waals surface area contributed by atoms with Crippen molar-refractivity contribution in [2.75, 3.05) is 13.6 Å². The van der Waals surface area contributed by atoms with Gasteiger partial charge in [0.05, 0.1) is 16.1 Å². The zero-order chi connectivity index (χ0) is 26.1. The number of nitriles is 1. The highest BCUT2D eigenvalue weighted by molar-refractivity contribution is 6.31. The summed E-state index contributed by atoms with van der Waals surface area (Å²) in [6.45, 7) is 8.92. The lowest BCUT2D eigenvalue weighted by molar-refractivity contribution is -0.138. The number of carbonyl (C=O) groups excluding carboxylic acids is 1. The third-order valence-electron chi connectivity index (χ3n) is 5.82. The van der Waals surface area contributed by atoms with Crippen LogP contribution in [-0.2, 0) is 17.4 Å². The second-order valence-electron chi connectivity index (χ2n) is 8.37. The van der Waals surface area contributed by atoms with Gasteiger partial charge in [0.1, 0.15) is 11.9 Å². The number of likely N-dealkylation sites (tertiary alicyclic amines) is 1. The summed E-state index contributed by atoms with van der Waals surface area (Å²) in [6, 6.07) is 10.1. The van der Waals surface area contributed by atoms with Crippen molar-refractivity contribution in [2.45, 2.75) is 53.1 Å². The number of rotatable bonds is 3. The van der Waals surface area contributed by atoms with Crippen molar-refractivity contribution >= 4 is 17.5 Å². The Morgan fingerprint density at radius 2 is 1.85 bits per heavy atom. The van der Waals surface area contributed by atoms with E-state index in [1.165, 1.54) is 6.42 Å². The van der Waals surface area contributed by atoms with E-state index < -0.39 is 17.6 Å². The number of amides is 1. The molecule has 0 aromatic heterocycles. The van der Waals surface area contributed by atoms with Crippen LogP contribution >= 0.6 is 11.6 Å². The van der Waals surface area contributed by atoms with Crippen molar-refractivity contribution in [2.24, 2.45) is 11.8 Å². The van der Waals surface area contributed by atoms with Gasteiger partial charge < -0.3 is 4.90 Å². The molecule has 2 aromatic rings. The van der Waals surface area contributed by atoms with E-state index in [0.717, 1.165) is 30.7 Å². The van der Waals surface area contributed by atoms with E-state index in [2.05, 4.69) is 13.8 Å². The van der Waals surface area contributed by atoms with E-state index in [4.69, 9.17) is 16.9 Å². The number of alkyl halides is 3. The molecule has 3 nitrogen and oxygen atoms in total. The minimum atomic E-state index is -4.46. The van der Waals surface area contributed by atoms with Crippen molar-refractivity contribution < 1.29 is 22.4 Å². The van der Waals surface area contributed by atoms with Crippen LogP contribution in [0, 0.1) is 35.9 Å². The lowest BCUT2D eigenvalue weighted by atomic mass is 9.91. The first-order valence-corrected chi connectivity index (χ1v) is 11.5. The molecule has 1 aliphatic heterocycles. The first-order chi connectivity index (χ1) is 15.8. The van der Waals surface area contributed by atoms with E-state index in [1.54, 1.807) is 19.1 Å². The van der Waals surface area contributed by atoms with Crippen LogP contribution in [-0.4, -0.2) is 24.4 Å². The number of benzene rings is 2. The second kappa shape index (κ2) is 13.3. The zero-order valence-electron chi connectivity index (χ0n) is 20.1. The van der Waals surface area contributed by atoms with Crippen LogP contribution < -0.4 is 0 Å². The Hall–Kier alpha value is -2.59. The molecular weight excluding hydrogens is 468 g/mol. The monoisotopic (exact) mass is 498 g/mol. The predicted molar refractivity (Wildman–Crippen MR) is 127 cm³/mol. The fourth-order valence-corrected chi connectivity index (χ4v) is 3.72. The number of carbonyl (C=O) groups is 1. The van der Waals surface area contributed by atoms with Crippen LogP contribution in [0.15, 0.2) is 36.4 Å². The van der Waals surface area contributed by atoms with Crippen molar-refractivity contribution in [3.63, 3.8) is 0 Å². The minimum Gasteiger partial charge on any atom is -0.345 e. The van der Waals surface area contributed by atoms with Gasteiger partial charge in [0.25, 0.3) is 0 Å². The summed E-state index contributed by atoms with van der Waals surface area (Å²) in [5, 5.41) is 9.00. The molecule has 2 atom stereocenters. The number of halogens is 5. The first-order valence-electron chi connectivity index (χ1n) is 11.1. The smallest absolute Gasteiger partial charge is 0.345 e. The summed E-state index contributed by atoms with van der Waals surface area (Å²) in [5.74, 6) is 0.765. The lowest BCUT2D eigenvalue weighted by Gasteiger charge is -2.15. The maximum absolute atomic E-state index is 12.5. The molecule has 1 fully saturated rings. The van der Waals surface area contributed by atoms with Crippen molar-refractivity contribution in [3.05, 3.63) is 69.5 Å². The Kier molecular flexibility index (Phi) is 11.5. The predicted octanol–water partition coefficient (Wildman–Crippen LogP) is 7.44. The van der Waals surface area contributed by atoms with Crippen LogP contribution in [0.2, 0.25) is 5.02 Å². The van der Waals surface area contributed by atoms with Crippen LogP contribution in [0.25, 0.3) is 0 Å².